The second-order valence-corrected chi connectivity index (χ2v) is 13.8. The Morgan fingerprint density at radius 3 is 2.33 bits per heavy atom. The molecular weight excluding hydrogens is 500 g/mol. The van der Waals surface area contributed by atoms with Gasteiger partial charge in [-0.05, 0) is 63.9 Å². The highest BCUT2D eigenvalue weighted by molar-refractivity contribution is 7.92. The lowest BCUT2D eigenvalue weighted by molar-refractivity contribution is 0.103. The molecule has 36 heavy (non-hydrogen) atoms. The number of sulfonamides is 2. The Bertz CT molecular complexity index is 1510. The van der Waals surface area contributed by atoms with Gasteiger partial charge in [0.1, 0.15) is 5.69 Å². The molecule has 0 radical (unpaired) electrons. The Balaban J connectivity index is 1.79. The molecule has 1 heterocycles. The van der Waals surface area contributed by atoms with Gasteiger partial charge in [0.25, 0.3) is 0 Å². The second kappa shape index (κ2) is 9.60. The van der Waals surface area contributed by atoms with Crippen molar-refractivity contribution in [1.82, 2.24) is 14.5 Å². The van der Waals surface area contributed by atoms with E-state index in [0.29, 0.717) is 16.6 Å². The number of rotatable bonds is 7. The summed E-state index contributed by atoms with van der Waals surface area (Å²) in [7, 11) is -7.30. The lowest BCUT2D eigenvalue weighted by Crippen LogP contribution is -2.40. The van der Waals surface area contributed by atoms with Gasteiger partial charge >= 0.3 is 0 Å². The standard InChI is InChI=1S/C25H32N4O5S2/c1-25(2,3)28-36(33,34)20-12-8-9-17(15-20)24(30)23-21-14-13-18(27-35(4,31)32)16-22(21)29(26-23)19-10-6-5-7-11-19/h8-9,12-16,19,27-28H,5-7,10-11H2,1-4H3. The third-order valence-corrected chi connectivity index (χ3v) is 8.36. The molecule has 0 atom stereocenters. The van der Waals surface area contributed by atoms with Gasteiger partial charge < -0.3 is 0 Å². The predicted octanol–water partition coefficient (Wildman–Crippen LogP) is 4.22. The minimum absolute atomic E-state index is 0.000989. The number of hydrogen-bond donors (Lipinski definition) is 2. The van der Waals surface area contributed by atoms with Crippen LogP contribution in [0.15, 0.2) is 47.4 Å². The normalized spacial score (nSPS) is 15.8. The minimum atomic E-state index is -3.83. The monoisotopic (exact) mass is 532 g/mol. The maximum Gasteiger partial charge on any atom is 0.241 e. The van der Waals surface area contributed by atoms with E-state index in [1.807, 2.05) is 4.68 Å². The molecule has 194 valence electrons. The van der Waals surface area contributed by atoms with E-state index in [0.717, 1.165) is 38.4 Å². The van der Waals surface area contributed by atoms with Crippen molar-refractivity contribution in [3.63, 3.8) is 0 Å². The summed E-state index contributed by atoms with van der Waals surface area (Å²) in [6, 6.07) is 11.0. The van der Waals surface area contributed by atoms with Crippen LogP contribution in [-0.4, -0.2) is 44.2 Å². The Labute approximate surface area is 212 Å². The fraction of sp³-hybridized carbons (Fsp3) is 0.440. The van der Waals surface area contributed by atoms with E-state index in [4.69, 9.17) is 5.10 Å². The van der Waals surface area contributed by atoms with Crippen LogP contribution in [-0.2, 0) is 20.0 Å². The smallest absolute Gasteiger partial charge is 0.241 e. The molecule has 0 spiro atoms. The summed E-state index contributed by atoms with van der Waals surface area (Å²) >= 11 is 0. The van der Waals surface area contributed by atoms with Crippen molar-refractivity contribution >= 4 is 42.4 Å². The molecule has 0 aliphatic heterocycles. The SMILES string of the molecule is CC(C)(C)NS(=O)(=O)c1cccc(C(=O)c2nn(C3CCCCC3)c3cc(NS(C)(=O)=O)ccc23)c1. The van der Waals surface area contributed by atoms with Gasteiger partial charge in [0.15, 0.2) is 0 Å². The first kappa shape index (κ1) is 26.3. The number of carbonyl (C=O) groups excluding carboxylic acids is 1. The number of nitrogens with one attached hydrogen (secondary N) is 2. The molecule has 1 aliphatic rings. The zero-order valence-electron chi connectivity index (χ0n) is 20.9. The highest BCUT2D eigenvalue weighted by Gasteiger charge is 2.26. The molecule has 4 rings (SSSR count). The average molecular weight is 533 g/mol. The summed E-state index contributed by atoms with van der Waals surface area (Å²) in [4.78, 5) is 13.6. The number of benzene rings is 2. The van der Waals surface area contributed by atoms with Gasteiger partial charge in [-0.3, -0.25) is 14.2 Å². The van der Waals surface area contributed by atoms with Crippen molar-refractivity contribution in [1.29, 1.82) is 0 Å². The number of hydrogen-bond acceptors (Lipinski definition) is 6. The van der Waals surface area contributed by atoms with E-state index < -0.39 is 31.4 Å². The number of nitrogens with zero attached hydrogens (tertiary/aromatic N) is 2. The predicted molar refractivity (Wildman–Crippen MR) is 140 cm³/mol. The lowest BCUT2D eigenvalue weighted by atomic mass is 9.95. The minimum Gasteiger partial charge on any atom is -0.287 e. The van der Waals surface area contributed by atoms with Crippen molar-refractivity contribution in [2.75, 3.05) is 11.0 Å². The van der Waals surface area contributed by atoms with Crippen molar-refractivity contribution in [2.45, 2.75) is 69.4 Å². The molecule has 1 saturated carbocycles. The molecule has 2 aromatic carbocycles. The molecule has 2 N–H and O–H groups in total. The number of carbonyl (C=O) groups is 1. The molecule has 11 heteroatoms. The summed E-state index contributed by atoms with van der Waals surface area (Å²) < 4.78 is 56.2. The van der Waals surface area contributed by atoms with Crippen LogP contribution in [0.4, 0.5) is 5.69 Å². The van der Waals surface area contributed by atoms with E-state index in [-0.39, 0.29) is 22.2 Å². The quantitative estimate of drug-likeness (QED) is 0.439. The van der Waals surface area contributed by atoms with Crippen molar-refractivity contribution < 1.29 is 21.6 Å². The number of aromatic nitrogens is 2. The van der Waals surface area contributed by atoms with Gasteiger partial charge in [-0.2, -0.15) is 5.10 Å². The first-order chi connectivity index (χ1) is 16.7. The van der Waals surface area contributed by atoms with Crippen LogP contribution in [0.2, 0.25) is 0 Å². The van der Waals surface area contributed by atoms with Crippen LogP contribution in [0.5, 0.6) is 0 Å². The van der Waals surface area contributed by atoms with E-state index >= 15 is 0 Å². The molecule has 0 unspecified atom stereocenters. The fourth-order valence-electron chi connectivity index (χ4n) is 4.59. The summed E-state index contributed by atoms with van der Waals surface area (Å²) in [5, 5.41) is 5.29. The molecule has 0 amide bonds. The van der Waals surface area contributed by atoms with E-state index in [1.54, 1.807) is 51.1 Å². The van der Waals surface area contributed by atoms with Crippen LogP contribution in [0, 0.1) is 0 Å². The highest BCUT2D eigenvalue weighted by atomic mass is 32.2. The Kier molecular flexibility index (Phi) is 7.02. The van der Waals surface area contributed by atoms with Gasteiger partial charge in [-0.1, -0.05) is 31.4 Å². The zero-order chi connectivity index (χ0) is 26.3. The van der Waals surface area contributed by atoms with E-state index in [1.165, 1.54) is 12.1 Å². The Morgan fingerprint density at radius 2 is 1.69 bits per heavy atom. The molecule has 1 aliphatic carbocycles. The molecular formula is C25H32N4O5S2. The maximum atomic E-state index is 13.6. The summed E-state index contributed by atoms with van der Waals surface area (Å²) in [6.07, 6.45) is 6.17. The Morgan fingerprint density at radius 1 is 1.00 bits per heavy atom. The van der Waals surface area contributed by atoms with Gasteiger partial charge in [-0.15, -0.1) is 0 Å². The van der Waals surface area contributed by atoms with Crippen LogP contribution < -0.4 is 9.44 Å². The van der Waals surface area contributed by atoms with E-state index in [9.17, 15) is 21.6 Å². The summed E-state index contributed by atoms with van der Waals surface area (Å²) in [5.41, 5.74) is 0.797. The van der Waals surface area contributed by atoms with Gasteiger partial charge in [0.05, 0.1) is 28.4 Å². The lowest BCUT2D eigenvalue weighted by Gasteiger charge is -2.22. The third kappa shape index (κ3) is 5.96. The summed E-state index contributed by atoms with van der Waals surface area (Å²) in [5.74, 6) is -0.397. The third-order valence-electron chi connectivity index (χ3n) is 5.99. The van der Waals surface area contributed by atoms with Gasteiger partial charge in [-0.25, -0.2) is 21.6 Å². The van der Waals surface area contributed by atoms with Crippen LogP contribution >= 0.6 is 0 Å². The molecule has 3 aromatic rings. The first-order valence-electron chi connectivity index (χ1n) is 11.9. The van der Waals surface area contributed by atoms with Crippen molar-refractivity contribution in [2.24, 2.45) is 0 Å². The molecule has 1 aromatic heterocycles. The first-order valence-corrected chi connectivity index (χ1v) is 15.3. The molecule has 0 saturated heterocycles. The van der Waals surface area contributed by atoms with Crippen LogP contribution in [0.3, 0.4) is 0 Å². The molecule has 1 fully saturated rings. The molecule has 9 nitrogen and oxygen atoms in total. The maximum absolute atomic E-state index is 13.6. The zero-order valence-corrected chi connectivity index (χ0v) is 22.5. The van der Waals surface area contributed by atoms with Crippen LogP contribution in [0.1, 0.15) is 75.0 Å². The van der Waals surface area contributed by atoms with Crippen molar-refractivity contribution in [3.05, 3.63) is 53.7 Å². The second-order valence-electron chi connectivity index (χ2n) is 10.4. The summed E-state index contributed by atoms with van der Waals surface area (Å²) in [6.45, 7) is 5.24. The van der Waals surface area contributed by atoms with Crippen LogP contribution in [0.25, 0.3) is 10.9 Å². The van der Waals surface area contributed by atoms with Gasteiger partial charge in [0, 0.05) is 16.5 Å². The van der Waals surface area contributed by atoms with Crippen molar-refractivity contribution in [3.8, 4) is 0 Å². The number of ketones is 1. The fourth-order valence-corrected chi connectivity index (χ4v) is 6.61. The number of anilines is 1. The average Bonchev–Trinajstić information content (AvgIpc) is 3.15. The molecule has 0 bridgehead atoms. The van der Waals surface area contributed by atoms with Gasteiger partial charge in [0.2, 0.25) is 25.8 Å². The topological polar surface area (TPSA) is 127 Å². The number of fused-ring (bicyclic) bond motifs is 1. The highest BCUT2D eigenvalue weighted by Crippen LogP contribution is 2.33. The van der Waals surface area contributed by atoms with E-state index in [2.05, 4.69) is 9.44 Å². The Hall–Kier alpha value is -2.76. The largest absolute Gasteiger partial charge is 0.287 e.